The predicted octanol–water partition coefficient (Wildman–Crippen LogP) is 3.88. The molecule has 0 bridgehead atoms. The molecule has 1 saturated heterocycles. The summed E-state index contributed by atoms with van der Waals surface area (Å²) in [4.78, 5) is 21.2. The highest BCUT2D eigenvalue weighted by Gasteiger charge is 2.28. The highest BCUT2D eigenvalue weighted by molar-refractivity contribution is 5.54. The number of benzene rings is 1. The Kier molecular flexibility index (Phi) is 6.04. The molecule has 5 rings (SSSR count). The van der Waals surface area contributed by atoms with Crippen LogP contribution in [0.25, 0.3) is 0 Å². The lowest BCUT2D eigenvalue weighted by molar-refractivity contribution is 0.243. The number of anilines is 2. The lowest BCUT2D eigenvalue weighted by Gasteiger charge is -2.37. The standard InChI is InChI=1S/C26H32N6/c1-30(2)26-28-24-12-15-31(18-20-6-4-3-5-7-20)19-23(24)25(29-26)32-16-10-22(11-17-32)21-8-13-27-14-9-21/h3-9,13-14,22H,10-12,15-19H2,1-2H3. The molecule has 166 valence electrons. The number of nitrogens with zero attached hydrogens (tertiary/aromatic N) is 6. The molecule has 1 fully saturated rings. The van der Waals surface area contributed by atoms with Crippen LogP contribution in [-0.2, 0) is 19.5 Å². The fourth-order valence-electron chi connectivity index (χ4n) is 4.94. The van der Waals surface area contributed by atoms with Gasteiger partial charge in [-0.05, 0) is 42.0 Å². The first kappa shape index (κ1) is 20.9. The maximum atomic E-state index is 5.05. The zero-order valence-corrected chi connectivity index (χ0v) is 19.1. The van der Waals surface area contributed by atoms with Gasteiger partial charge in [0.05, 0.1) is 5.69 Å². The van der Waals surface area contributed by atoms with Crippen LogP contribution in [0.2, 0.25) is 0 Å². The SMILES string of the molecule is CN(C)c1nc2c(c(N3CCC(c4ccncc4)CC3)n1)CN(Cc1ccccc1)CC2. The van der Waals surface area contributed by atoms with Gasteiger partial charge in [0.15, 0.2) is 0 Å². The van der Waals surface area contributed by atoms with E-state index in [1.165, 1.54) is 22.4 Å². The van der Waals surface area contributed by atoms with Crippen molar-refractivity contribution in [1.82, 2.24) is 19.9 Å². The van der Waals surface area contributed by atoms with E-state index in [1.54, 1.807) is 0 Å². The summed E-state index contributed by atoms with van der Waals surface area (Å²) >= 11 is 0. The Morgan fingerprint density at radius 1 is 0.938 bits per heavy atom. The second kappa shape index (κ2) is 9.25. The normalized spacial score (nSPS) is 17.2. The van der Waals surface area contributed by atoms with E-state index in [4.69, 9.17) is 9.97 Å². The van der Waals surface area contributed by atoms with Crippen molar-refractivity contribution in [1.29, 1.82) is 0 Å². The molecule has 3 aromatic rings. The van der Waals surface area contributed by atoms with Gasteiger partial charge >= 0.3 is 0 Å². The van der Waals surface area contributed by atoms with Crippen molar-refractivity contribution < 1.29 is 0 Å². The number of fused-ring (bicyclic) bond motifs is 1. The summed E-state index contributed by atoms with van der Waals surface area (Å²) < 4.78 is 0. The number of hydrogen-bond donors (Lipinski definition) is 0. The van der Waals surface area contributed by atoms with Crippen LogP contribution in [0, 0.1) is 0 Å². The van der Waals surface area contributed by atoms with E-state index in [-0.39, 0.29) is 0 Å². The number of piperidine rings is 1. The first-order valence-corrected chi connectivity index (χ1v) is 11.7. The Hall–Kier alpha value is -2.99. The Bertz CT molecular complexity index is 1030. The minimum Gasteiger partial charge on any atom is -0.356 e. The van der Waals surface area contributed by atoms with Crippen molar-refractivity contribution in [3.05, 3.63) is 77.2 Å². The molecule has 4 heterocycles. The summed E-state index contributed by atoms with van der Waals surface area (Å²) in [6.45, 7) is 4.98. The second-order valence-electron chi connectivity index (χ2n) is 9.16. The average Bonchev–Trinajstić information content (AvgIpc) is 2.84. The highest BCUT2D eigenvalue weighted by atomic mass is 15.3. The second-order valence-corrected chi connectivity index (χ2v) is 9.16. The van der Waals surface area contributed by atoms with E-state index in [1.807, 2.05) is 31.4 Å². The zero-order chi connectivity index (χ0) is 21.9. The van der Waals surface area contributed by atoms with Crippen LogP contribution < -0.4 is 9.80 Å². The van der Waals surface area contributed by atoms with Crippen LogP contribution >= 0.6 is 0 Å². The van der Waals surface area contributed by atoms with E-state index in [0.29, 0.717) is 5.92 Å². The van der Waals surface area contributed by atoms with Crippen molar-refractivity contribution in [3.8, 4) is 0 Å². The summed E-state index contributed by atoms with van der Waals surface area (Å²) in [5, 5.41) is 0. The Morgan fingerprint density at radius 3 is 2.41 bits per heavy atom. The van der Waals surface area contributed by atoms with Gasteiger partial charge in [-0.15, -0.1) is 0 Å². The summed E-state index contributed by atoms with van der Waals surface area (Å²) in [7, 11) is 4.07. The third kappa shape index (κ3) is 4.46. The first-order valence-electron chi connectivity index (χ1n) is 11.7. The van der Waals surface area contributed by atoms with Crippen molar-refractivity contribution >= 4 is 11.8 Å². The summed E-state index contributed by atoms with van der Waals surface area (Å²) in [6, 6.07) is 15.1. The predicted molar refractivity (Wildman–Crippen MR) is 129 cm³/mol. The van der Waals surface area contributed by atoms with Crippen LogP contribution in [0.1, 0.15) is 41.1 Å². The van der Waals surface area contributed by atoms with E-state index in [2.05, 4.69) is 57.2 Å². The van der Waals surface area contributed by atoms with Crippen LogP contribution in [-0.4, -0.2) is 53.6 Å². The van der Waals surface area contributed by atoms with Gasteiger partial charge in [0.2, 0.25) is 5.95 Å². The van der Waals surface area contributed by atoms with E-state index < -0.39 is 0 Å². The largest absolute Gasteiger partial charge is 0.356 e. The number of rotatable bonds is 5. The van der Waals surface area contributed by atoms with Gasteiger partial charge in [-0.1, -0.05) is 30.3 Å². The maximum absolute atomic E-state index is 5.05. The van der Waals surface area contributed by atoms with Crippen molar-refractivity contribution in [3.63, 3.8) is 0 Å². The molecule has 0 unspecified atom stereocenters. The van der Waals surface area contributed by atoms with Gasteiger partial charge < -0.3 is 9.80 Å². The van der Waals surface area contributed by atoms with Crippen LogP contribution in [0.3, 0.4) is 0 Å². The molecule has 6 nitrogen and oxygen atoms in total. The van der Waals surface area contributed by atoms with Crippen molar-refractivity contribution in [2.24, 2.45) is 0 Å². The fourth-order valence-corrected chi connectivity index (χ4v) is 4.94. The molecule has 2 aliphatic rings. The van der Waals surface area contributed by atoms with Gasteiger partial charge in [0, 0.05) is 71.2 Å². The topological polar surface area (TPSA) is 48.4 Å². The minimum absolute atomic E-state index is 0.606. The van der Waals surface area contributed by atoms with Crippen LogP contribution in [0.5, 0.6) is 0 Å². The van der Waals surface area contributed by atoms with Gasteiger partial charge in [0.25, 0.3) is 0 Å². The van der Waals surface area contributed by atoms with Gasteiger partial charge in [-0.2, -0.15) is 4.98 Å². The van der Waals surface area contributed by atoms with Crippen molar-refractivity contribution in [2.75, 3.05) is 43.5 Å². The molecular formula is C26H32N6. The zero-order valence-electron chi connectivity index (χ0n) is 19.1. The summed E-state index contributed by atoms with van der Waals surface area (Å²) in [5.41, 5.74) is 5.31. The lowest BCUT2D eigenvalue weighted by atomic mass is 9.90. The maximum Gasteiger partial charge on any atom is 0.227 e. The molecule has 2 aromatic heterocycles. The molecular weight excluding hydrogens is 396 g/mol. The quantitative estimate of drug-likeness (QED) is 0.615. The fraction of sp³-hybridized carbons (Fsp3) is 0.423. The van der Waals surface area contributed by atoms with E-state index in [9.17, 15) is 0 Å². The van der Waals surface area contributed by atoms with Gasteiger partial charge in [-0.3, -0.25) is 9.88 Å². The molecule has 0 saturated carbocycles. The van der Waals surface area contributed by atoms with E-state index in [0.717, 1.165) is 63.8 Å². The molecule has 0 amide bonds. The molecule has 0 atom stereocenters. The first-order chi connectivity index (χ1) is 15.7. The minimum atomic E-state index is 0.606. The molecule has 0 radical (unpaired) electrons. The Labute approximate surface area is 190 Å². The molecule has 1 aromatic carbocycles. The molecule has 6 heteroatoms. The van der Waals surface area contributed by atoms with Gasteiger partial charge in [-0.25, -0.2) is 4.98 Å². The van der Waals surface area contributed by atoms with Crippen LogP contribution in [0.15, 0.2) is 54.9 Å². The molecule has 0 spiro atoms. The highest BCUT2D eigenvalue weighted by Crippen LogP contribution is 2.34. The Balaban J connectivity index is 1.38. The summed E-state index contributed by atoms with van der Waals surface area (Å²) in [6.07, 6.45) is 7.09. The lowest BCUT2D eigenvalue weighted by Crippen LogP contribution is -2.38. The molecule has 0 aliphatic carbocycles. The van der Waals surface area contributed by atoms with E-state index >= 15 is 0 Å². The monoisotopic (exact) mass is 428 g/mol. The van der Waals surface area contributed by atoms with Crippen LogP contribution in [0.4, 0.5) is 11.8 Å². The third-order valence-corrected chi connectivity index (χ3v) is 6.73. The Morgan fingerprint density at radius 2 is 1.69 bits per heavy atom. The number of pyridine rings is 1. The van der Waals surface area contributed by atoms with Crippen molar-refractivity contribution in [2.45, 2.75) is 38.3 Å². The molecule has 32 heavy (non-hydrogen) atoms. The molecule has 2 aliphatic heterocycles. The number of hydrogen-bond acceptors (Lipinski definition) is 6. The number of aromatic nitrogens is 3. The average molecular weight is 429 g/mol. The van der Waals surface area contributed by atoms with Gasteiger partial charge in [0.1, 0.15) is 5.82 Å². The summed E-state index contributed by atoms with van der Waals surface area (Å²) in [5.74, 6) is 2.57. The smallest absolute Gasteiger partial charge is 0.227 e. The molecule has 0 N–H and O–H groups in total. The third-order valence-electron chi connectivity index (χ3n) is 6.73.